The van der Waals surface area contributed by atoms with Crippen LogP contribution in [0.1, 0.15) is 22.8 Å². The van der Waals surface area contributed by atoms with Crippen molar-refractivity contribution in [2.45, 2.75) is 11.8 Å². The Kier molecular flexibility index (Phi) is 6.76. The fourth-order valence-corrected chi connectivity index (χ4v) is 3.32. The number of para-hydroxylation sites is 1. The lowest BCUT2D eigenvalue weighted by molar-refractivity contribution is 0.104. The van der Waals surface area contributed by atoms with Gasteiger partial charge in [-0.3, -0.25) is 4.79 Å². The Bertz CT molecular complexity index is 931. The SMILES string of the molecule is CCOc1cccc(/C=C/C(=O)c2ccc(S(=O)(=O)N(C)C)cc2)c1OC. The van der Waals surface area contributed by atoms with Gasteiger partial charge in [0.05, 0.1) is 18.6 Å². The van der Waals surface area contributed by atoms with Gasteiger partial charge in [0.25, 0.3) is 0 Å². The van der Waals surface area contributed by atoms with Crippen molar-refractivity contribution in [1.82, 2.24) is 4.31 Å². The van der Waals surface area contributed by atoms with Crippen molar-refractivity contribution in [3.05, 3.63) is 59.7 Å². The van der Waals surface area contributed by atoms with Gasteiger partial charge in [-0.25, -0.2) is 12.7 Å². The molecule has 144 valence electrons. The summed E-state index contributed by atoms with van der Waals surface area (Å²) in [6, 6.07) is 11.3. The number of ether oxygens (including phenoxy) is 2. The molecule has 0 radical (unpaired) electrons. The van der Waals surface area contributed by atoms with Crippen LogP contribution in [0.15, 0.2) is 53.4 Å². The molecule has 0 fully saturated rings. The Morgan fingerprint density at radius 3 is 2.33 bits per heavy atom. The molecule has 6 nitrogen and oxygen atoms in total. The van der Waals surface area contributed by atoms with Gasteiger partial charge in [0.15, 0.2) is 17.3 Å². The van der Waals surface area contributed by atoms with Gasteiger partial charge >= 0.3 is 0 Å². The molecule has 7 heteroatoms. The monoisotopic (exact) mass is 389 g/mol. The minimum atomic E-state index is -3.52. The number of nitrogens with zero attached hydrogens (tertiary/aromatic N) is 1. The number of carbonyl (C=O) groups is 1. The van der Waals surface area contributed by atoms with Crippen molar-refractivity contribution < 1.29 is 22.7 Å². The van der Waals surface area contributed by atoms with Crippen molar-refractivity contribution in [3.8, 4) is 11.5 Å². The summed E-state index contributed by atoms with van der Waals surface area (Å²) in [7, 11) is 0.941. The largest absolute Gasteiger partial charge is 0.492 e. The van der Waals surface area contributed by atoms with Gasteiger partial charge in [0, 0.05) is 25.2 Å². The van der Waals surface area contributed by atoms with E-state index in [0.717, 1.165) is 4.31 Å². The van der Waals surface area contributed by atoms with E-state index in [0.29, 0.717) is 29.2 Å². The number of benzene rings is 2. The molecule has 2 aromatic carbocycles. The highest BCUT2D eigenvalue weighted by Crippen LogP contribution is 2.32. The summed E-state index contributed by atoms with van der Waals surface area (Å²) < 4.78 is 36.2. The summed E-state index contributed by atoms with van der Waals surface area (Å²) in [6.45, 7) is 2.39. The quantitative estimate of drug-likeness (QED) is 0.512. The van der Waals surface area contributed by atoms with Crippen molar-refractivity contribution in [1.29, 1.82) is 0 Å². The van der Waals surface area contributed by atoms with Gasteiger partial charge in [0.2, 0.25) is 10.0 Å². The van der Waals surface area contributed by atoms with Crippen molar-refractivity contribution in [3.63, 3.8) is 0 Å². The molecule has 2 rings (SSSR count). The Morgan fingerprint density at radius 1 is 1.11 bits per heavy atom. The first-order valence-corrected chi connectivity index (χ1v) is 9.80. The Hall–Kier alpha value is -2.64. The van der Waals surface area contributed by atoms with Crippen LogP contribution in [-0.4, -0.2) is 46.3 Å². The maximum Gasteiger partial charge on any atom is 0.242 e. The summed E-state index contributed by atoms with van der Waals surface area (Å²) in [5, 5.41) is 0. The number of ketones is 1. The zero-order valence-corrected chi connectivity index (χ0v) is 16.6. The molecule has 27 heavy (non-hydrogen) atoms. The first-order valence-electron chi connectivity index (χ1n) is 8.36. The smallest absolute Gasteiger partial charge is 0.242 e. The summed E-state index contributed by atoms with van der Waals surface area (Å²) in [4.78, 5) is 12.5. The van der Waals surface area contributed by atoms with Gasteiger partial charge in [-0.1, -0.05) is 12.1 Å². The van der Waals surface area contributed by atoms with E-state index in [1.54, 1.807) is 19.3 Å². The highest BCUT2D eigenvalue weighted by Gasteiger charge is 2.17. The third-order valence-corrected chi connectivity index (χ3v) is 5.67. The zero-order valence-electron chi connectivity index (χ0n) is 15.8. The number of allylic oxidation sites excluding steroid dienone is 1. The van der Waals surface area contributed by atoms with Gasteiger partial charge in [-0.15, -0.1) is 0 Å². The van der Waals surface area contributed by atoms with Crippen LogP contribution in [0.5, 0.6) is 11.5 Å². The minimum absolute atomic E-state index is 0.138. The number of sulfonamides is 1. The molecular formula is C20H23NO5S. The molecule has 0 saturated carbocycles. The molecule has 0 aliphatic heterocycles. The molecule has 0 spiro atoms. The maximum absolute atomic E-state index is 12.4. The zero-order chi connectivity index (χ0) is 20.0. The fraction of sp³-hybridized carbons (Fsp3) is 0.250. The van der Waals surface area contributed by atoms with Gasteiger partial charge < -0.3 is 9.47 Å². The van der Waals surface area contributed by atoms with E-state index in [2.05, 4.69) is 0 Å². The lowest BCUT2D eigenvalue weighted by Gasteiger charge is -2.11. The molecule has 0 bridgehead atoms. The molecule has 0 aromatic heterocycles. The normalized spacial score (nSPS) is 11.7. The summed E-state index contributed by atoms with van der Waals surface area (Å²) >= 11 is 0. The molecule has 0 saturated heterocycles. The third kappa shape index (κ3) is 4.75. The van der Waals surface area contributed by atoms with Crippen LogP contribution in [-0.2, 0) is 10.0 Å². The summed E-state index contributed by atoms with van der Waals surface area (Å²) in [5.41, 5.74) is 1.10. The average molecular weight is 389 g/mol. The van der Waals surface area contributed by atoms with E-state index in [4.69, 9.17) is 9.47 Å². The summed E-state index contributed by atoms with van der Waals surface area (Å²) in [5.74, 6) is 0.913. The number of rotatable bonds is 8. The lowest BCUT2D eigenvalue weighted by atomic mass is 10.1. The molecule has 0 N–H and O–H groups in total. The van der Waals surface area contributed by atoms with E-state index < -0.39 is 10.0 Å². The fourth-order valence-electron chi connectivity index (χ4n) is 2.42. The highest BCUT2D eigenvalue weighted by atomic mass is 32.2. The van der Waals surface area contributed by atoms with E-state index in [-0.39, 0.29) is 10.7 Å². The molecule has 2 aromatic rings. The molecule has 0 aliphatic carbocycles. The number of methoxy groups -OCH3 is 1. The van der Waals surface area contributed by atoms with Gasteiger partial charge in [-0.05, 0) is 49.4 Å². The van der Waals surface area contributed by atoms with E-state index >= 15 is 0 Å². The highest BCUT2D eigenvalue weighted by molar-refractivity contribution is 7.89. The minimum Gasteiger partial charge on any atom is -0.492 e. The van der Waals surface area contributed by atoms with E-state index in [1.807, 2.05) is 19.1 Å². The van der Waals surface area contributed by atoms with Gasteiger partial charge in [-0.2, -0.15) is 0 Å². The standard InChI is InChI=1S/C20H23NO5S/c1-5-26-19-8-6-7-16(20(19)25-4)11-14-18(22)15-9-12-17(13-10-15)27(23,24)21(2)3/h6-14H,5H2,1-4H3/b14-11+. The van der Waals surface area contributed by atoms with Crippen LogP contribution in [0.25, 0.3) is 6.08 Å². The topological polar surface area (TPSA) is 72.9 Å². The van der Waals surface area contributed by atoms with E-state index in [9.17, 15) is 13.2 Å². The predicted molar refractivity (Wildman–Crippen MR) is 105 cm³/mol. The Labute approximate surface area is 160 Å². The summed E-state index contributed by atoms with van der Waals surface area (Å²) in [6.07, 6.45) is 3.07. The number of hydrogen-bond acceptors (Lipinski definition) is 5. The second-order valence-corrected chi connectivity index (χ2v) is 7.97. The molecule has 0 heterocycles. The first kappa shape index (κ1) is 20.7. The van der Waals surface area contributed by atoms with Crippen LogP contribution < -0.4 is 9.47 Å². The number of carbonyl (C=O) groups excluding carboxylic acids is 1. The van der Waals surface area contributed by atoms with Crippen molar-refractivity contribution in [2.75, 3.05) is 27.8 Å². The van der Waals surface area contributed by atoms with Crippen molar-refractivity contribution in [2.24, 2.45) is 0 Å². The molecule has 0 atom stereocenters. The third-order valence-electron chi connectivity index (χ3n) is 3.85. The van der Waals surface area contributed by atoms with E-state index in [1.165, 1.54) is 44.4 Å². The van der Waals surface area contributed by atoms with Crippen LogP contribution >= 0.6 is 0 Å². The van der Waals surface area contributed by atoms with Crippen LogP contribution in [0.4, 0.5) is 0 Å². The predicted octanol–water partition coefficient (Wildman–Crippen LogP) is 3.24. The second-order valence-electron chi connectivity index (χ2n) is 5.82. The van der Waals surface area contributed by atoms with Crippen LogP contribution in [0.2, 0.25) is 0 Å². The average Bonchev–Trinajstić information content (AvgIpc) is 2.66. The first-order chi connectivity index (χ1) is 12.8. The van der Waals surface area contributed by atoms with Crippen molar-refractivity contribution >= 4 is 21.9 Å². The van der Waals surface area contributed by atoms with Gasteiger partial charge in [0.1, 0.15) is 0 Å². The van der Waals surface area contributed by atoms with Crippen LogP contribution in [0.3, 0.4) is 0 Å². The Balaban J connectivity index is 2.24. The molecule has 0 aliphatic rings. The molecule has 0 amide bonds. The Morgan fingerprint density at radius 2 is 1.78 bits per heavy atom. The number of hydrogen-bond donors (Lipinski definition) is 0. The molecule has 0 unspecified atom stereocenters. The maximum atomic E-state index is 12.4. The lowest BCUT2D eigenvalue weighted by Crippen LogP contribution is -2.22. The second kappa shape index (κ2) is 8.83. The molecular weight excluding hydrogens is 366 g/mol. The van der Waals surface area contributed by atoms with Crippen LogP contribution in [0, 0.1) is 0 Å².